The largest absolute Gasteiger partial charge is 0.459 e. The van der Waals surface area contributed by atoms with Crippen LogP contribution in [0.15, 0.2) is 47.1 Å². The summed E-state index contributed by atoms with van der Waals surface area (Å²) in [5.74, 6) is -0.333. The summed E-state index contributed by atoms with van der Waals surface area (Å²) in [7, 11) is 1.44. The summed E-state index contributed by atoms with van der Waals surface area (Å²) in [5, 5.41) is 5.45. The standard InChI is InChI=1S/C16H19N3O4/c1-22-14(9-17)15(20)18-10-11-4-6-12(7-5-11)19-16(21)13-3-2-8-23-13/h2-8,14H,9-10,17H2,1H3,(H,18,20)(H,19,21). The van der Waals surface area contributed by atoms with Gasteiger partial charge < -0.3 is 25.5 Å². The normalized spacial score (nSPS) is 11.7. The molecule has 2 amide bonds. The Hall–Kier alpha value is -2.64. The molecule has 2 aromatic rings. The van der Waals surface area contributed by atoms with E-state index in [0.717, 1.165) is 5.56 Å². The molecule has 1 atom stereocenters. The molecule has 7 nitrogen and oxygen atoms in total. The summed E-state index contributed by atoms with van der Waals surface area (Å²) in [6.45, 7) is 0.477. The van der Waals surface area contributed by atoms with Crippen LogP contribution in [0.4, 0.5) is 5.69 Å². The fourth-order valence-electron chi connectivity index (χ4n) is 1.92. The zero-order chi connectivity index (χ0) is 16.7. The van der Waals surface area contributed by atoms with E-state index in [1.807, 2.05) is 12.1 Å². The van der Waals surface area contributed by atoms with Crippen LogP contribution in [0.2, 0.25) is 0 Å². The molecule has 0 aliphatic carbocycles. The van der Waals surface area contributed by atoms with Crippen molar-refractivity contribution in [3.8, 4) is 0 Å². The number of ether oxygens (including phenoxy) is 1. The van der Waals surface area contributed by atoms with Gasteiger partial charge in [0, 0.05) is 25.9 Å². The van der Waals surface area contributed by atoms with Gasteiger partial charge in [0.1, 0.15) is 6.10 Å². The molecule has 0 bridgehead atoms. The molecule has 1 unspecified atom stereocenters. The maximum absolute atomic E-state index is 11.8. The molecular weight excluding hydrogens is 298 g/mol. The van der Waals surface area contributed by atoms with Gasteiger partial charge in [0.2, 0.25) is 0 Å². The third-order valence-corrected chi connectivity index (χ3v) is 3.21. The smallest absolute Gasteiger partial charge is 0.291 e. The SMILES string of the molecule is COC(CN)C(=O)NCc1ccc(NC(=O)c2ccco2)cc1. The van der Waals surface area contributed by atoms with Crippen molar-refractivity contribution in [1.82, 2.24) is 5.32 Å². The van der Waals surface area contributed by atoms with Crippen molar-refractivity contribution >= 4 is 17.5 Å². The monoisotopic (exact) mass is 317 g/mol. The molecule has 0 radical (unpaired) electrons. The fraction of sp³-hybridized carbons (Fsp3) is 0.250. The van der Waals surface area contributed by atoms with E-state index in [-0.39, 0.29) is 24.1 Å². The Labute approximate surface area is 133 Å². The molecule has 0 saturated carbocycles. The number of hydrogen-bond donors (Lipinski definition) is 3. The molecule has 4 N–H and O–H groups in total. The summed E-state index contributed by atoms with van der Waals surface area (Å²) < 4.78 is 9.97. The lowest BCUT2D eigenvalue weighted by Gasteiger charge is -2.13. The topological polar surface area (TPSA) is 107 Å². The summed E-state index contributed by atoms with van der Waals surface area (Å²) in [5.41, 5.74) is 6.95. The van der Waals surface area contributed by atoms with Gasteiger partial charge in [0.25, 0.3) is 11.8 Å². The minimum Gasteiger partial charge on any atom is -0.459 e. The Kier molecular flexibility index (Phi) is 5.90. The molecule has 1 heterocycles. The van der Waals surface area contributed by atoms with Gasteiger partial charge in [-0.1, -0.05) is 12.1 Å². The number of carbonyl (C=O) groups is 2. The minimum atomic E-state index is -0.651. The van der Waals surface area contributed by atoms with Crippen molar-refractivity contribution in [1.29, 1.82) is 0 Å². The zero-order valence-electron chi connectivity index (χ0n) is 12.7. The second kappa shape index (κ2) is 8.11. The second-order valence-corrected chi connectivity index (χ2v) is 4.81. The number of nitrogens with one attached hydrogen (secondary N) is 2. The lowest BCUT2D eigenvalue weighted by Crippen LogP contribution is -2.40. The molecule has 0 saturated heterocycles. The van der Waals surface area contributed by atoms with Crippen molar-refractivity contribution in [3.05, 3.63) is 54.0 Å². The molecule has 0 spiro atoms. The third kappa shape index (κ3) is 4.67. The number of anilines is 1. The van der Waals surface area contributed by atoms with Crippen LogP contribution >= 0.6 is 0 Å². The minimum absolute atomic E-state index is 0.125. The van der Waals surface area contributed by atoms with Crippen LogP contribution in [-0.2, 0) is 16.1 Å². The van der Waals surface area contributed by atoms with Crippen LogP contribution in [0.1, 0.15) is 16.1 Å². The van der Waals surface area contributed by atoms with Gasteiger partial charge in [0.15, 0.2) is 5.76 Å². The molecule has 2 rings (SSSR count). The highest BCUT2D eigenvalue weighted by Crippen LogP contribution is 2.11. The van der Waals surface area contributed by atoms with E-state index in [1.54, 1.807) is 24.3 Å². The number of hydrogen-bond acceptors (Lipinski definition) is 5. The second-order valence-electron chi connectivity index (χ2n) is 4.81. The Balaban J connectivity index is 1.87. The number of benzene rings is 1. The van der Waals surface area contributed by atoms with E-state index in [0.29, 0.717) is 12.2 Å². The molecular formula is C16H19N3O4. The van der Waals surface area contributed by atoms with E-state index in [1.165, 1.54) is 13.4 Å². The Morgan fingerprint density at radius 3 is 2.57 bits per heavy atom. The predicted octanol–water partition coefficient (Wildman–Crippen LogP) is 1.12. The zero-order valence-corrected chi connectivity index (χ0v) is 12.7. The Bertz CT molecular complexity index is 634. The predicted molar refractivity (Wildman–Crippen MR) is 84.8 cm³/mol. The van der Waals surface area contributed by atoms with Gasteiger partial charge in [-0.3, -0.25) is 9.59 Å². The first-order valence-corrected chi connectivity index (χ1v) is 7.08. The van der Waals surface area contributed by atoms with Crippen LogP contribution < -0.4 is 16.4 Å². The van der Waals surface area contributed by atoms with Gasteiger partial charge >= 0.3 is 0 Å². The number of rotatable bonds is 7. The lowest BCUT2D eigenvalue weighted by molar-refractivity contribution is -0.130. The highest BCUT2D eigenvalue weighted by Gasteiger charge is 2.14. The Morgan fingerprint density at radius 1 is 1.26 bits per heavy atom. The summed E-state index contributed by atoms with van der Waals surface area (Å²) in [6.07, 6.45) is 0.789. The molecule has 1 aromatic heterocycles. The fourth-order valence-corrected chi connectivity index (χ4v) is 1.92. The first-order chi connectivity index (χ1) is 11.1. The Morgan fingerprint density at radius 2 is 2.00 bits per heavy atom. The highest BCUT2D eigenvalue weighted by atomic mass is 16.5. The number of carbonyl (C=O) groups excluding carboxylic acids is 2. The van der Waals surface area contributed by atoms with Crippen molar-refractivity contribution in [2.24, 2.45) is 5.73 Å². The quantitative estimate of drug-likeness (QED) is 0.709. The van der Waals surface area contributed by atoms with Crippen molar-refractivity contribution < 1.29 is 18.7 Å². The molecule has 0 fully saturated rings. The van der Waals surface area contributed by atoms with E-state index >= 15 is 0 Å². The average molecular weight is 317 g/mol. The lowest BCUT2D eigenvalue weighted by atomic mass is 10.2. The molecule has 23 heavy (non-hydrogen) atoms. The first kappa shape index (κ1) is 16.7. The number of nitrogens with two attached hydrogens (primary N) is 1. The van der Waals surface area contributed by atoms with Gasteiger partial charge in [-0.25, -0.2) is 0 Å². The maximum Gasteiger partial charge on any atom is 0.291 e. The number of furan rings is 1. The van der Waals surface area contributed by atoms with Gasteiger partial charge in [-0.05, 0) is 29.8 Å². The van der Waals surface area contributed by atoms with Crippen molar-refractivity contribution in [3.63, 3.8) is 0 Å². The first-order valence-electron chi connectivity index (χ1n) is 7.08. The molecule has 1 aromatic carbocycles. The molecule has 0 aliphatic heterocycles. The van der Waals surface area contributed by atoms with E-state index in [9.17, 15) is 9.59 Å². The van der Waals surface area contributed by atoms with E-state index in [2.05, 4.69) is 10.6 Å². The van der Waals surface area contributed by atoms with E-state index < -0.39 is 6.10 Å². The van der Waals surface area contributed by atoms with Gasteiger partial charge in [-0.15, -0.1) is 0 Å². The molecule has 0 aliphatic rings. The number of amides is 2. The molecule has 7 heteroatoms. The molecule has 122 valence electrons. The van der Waals surface area contributed by atoms with Crippen LogP contribution in [0, 0.1) is 0 Å². The van der Waals surface area contributed by atoms with Crippen molar-refractivity contribution in [2.45, 2.75) is 12.6 Å². The van der Waals surface area contributed by atoms with Crippen LogP contribution in [0.3, 0.4) is 0 Å². The van der Waals surface area contributed by atoms with Crippen LogP contribution in [-0.4, -0.2) is 31.6 Å². The number of methoxy groups -OCH3 is 1. The van der Waals surface area contributed by atoms with Crippen molar-refractivity contribution in [2.75, 3.05) is 19.0 Å². The van der Waals surface area contributed by atoms with Crippen LogP contribution in [0.5, 0.6) is 0 Å². The van der Waals surface area contributed by atoms with Crippen LogP contribution in [0.25, 0.3) is 0 Å². The van der Waals surface area contributed by atoms with E-state index in [4.69, 9.17) is 14.9 Å². The van der Waals surface area contributed by atoms with Gasteiger partial charge in [-0.2, -0.15) is 0 Å². The average Bonchev–Trinajstić information content (AvgIpc) is 3.10. The maximum atomic E-state index is 11.8. The summed E-state index contributed by atoms with van der Waals surface area (Å²) >= 11 is 0. The highest BCUT2D eigenvalue weighted by molar-refractivity contribution is 6.02. The van der Waals surface area contributed by atoms with Gasteiger partial charge in [0.05, 0.1) is 6.26 Å². The summed E-state index contributed by atoms with van der Waals surface area (Å²) in [4.78, 5) is 23.6. The summed E-state index contributed by atoms with van der Waals surface area (Å²) in [6, 6.07) is 10.3. The third-order valence-electron chi connectivity index (χ3n) is 3.21.